The Morgan fingerprint density at radius 2 is 0.853 bits per heavy atom. The minimum atomic E-state index is -0.406. The van der Waals surface area contributed by atoms with E-state index in [-0.39, 0.29) is 0 Å². The molecule has 0 aromatic heterocycles. The molecule has 0 amide bonds. The Kier molecular flexibility index (Phi) is 8.62. The van der Waals surface area contributed by atoms with E-state index in [1.54, 1.807) is 0 Å². The second-order valence-electron chi connectivity index (χ2n) is 8.43. The zero-order valence-electron chi connectivity index (χ0n) is 19.7. The summed E-state index contributed by atoms with van der Waals surface area (Å²) in [5, 5.41) is 8.46. The molecular weight excluding hydrogens is 591 g/mol. The van der Waals surface area contributed by atoms with Crippen LogP contribution in [-0.4, -0.2) is 5.49 Å². The normalized spacial score (nSPS) is 10.2. The number of rotatable bonds is 2. The molecule has 0 heterocycles. The summed E-state index contributed by atoms with van der Waals surface area (Å²) in [5.74, 6) is 0. The molecule has 164 valence electrons. The number of fused-ring (bicyclic) bond motifs is 2. The molecule has 34 heavy (non-hydrogen) atoms. The van der Waals surface area contributed by atoms with Crippen LogP contribution in [0.4, 0.5) is 0 Å². The van der Waals surface area contributed by atoms with E-state index in [4.69, 9.17) is 0 Å². The van der Waals surface area contributed by atoms with Crippen LogP contribution in [0.2, 0.25) is 0 Å². The van der Waals surface area contributed by atoms with Gasteiger partial charge in [-0.25, -0.2) is 0 Å². The summed E-state index contributed by atoms with van der Waals surface area (Å²) in [7, 11) is 0. The molecule has 2 heteroatoms. The average Bonchev–Trinajstić information content (AvgIpc) is 3.46. The van der Waals surface area contributed by atoms with E-state index in [1.807, 2.05) is 0 Å². The standard InChI is InChI=1S/C12H10Si.2C10H9.Hf/c1-3-7-11(8-4-1)13-12-9-5-2-6-10-12;2*1-8-6-9-4-2-3-5-10(9)7-8;/h1-10H;2*2-7H,1H3;/q;2*-1;+2. The summed E-state index contributed by atoms with van der Waals surface area (Å²) in [6.07, 6.45) is 0. The topological polar surface area (TPSA) is 0 Å². The second kappa shape index (κ2) is 12.1. The van der Waals surface area contributed by atoms with Crippen LogP contribution in [0.15, 0.2) is 133 Å². The van der Waals surface area contributed by atoms with Crippen molar-refractivity contribution in [2.24, 2.45) is 0 Å². The van der Waals surface area contributed by atoms with Crippen LogP contribution in [0, 0.1) is 13.8 Å². The van der Waals surface area contributed by atoms with Gasteiger partial charge >= 0.3 is 99.5 Å². The number of aryl methyl sites for hydroxylation is 2. The molecule has 6 rings (SSSR count). The van der Waals surface area contributed by atoms with Crippen LogP contribution in [0.5, 0.6) is 0 Å². The van der Waals surface area contributed by atoms with E-state index in [2.05, 4.69) is 147 Å². The Labute approximate surface area is 217 Å². The van der Waals surface area contributed by atoms with Gasteiger partial charge in [-0.3, -0.25) is 0 Å². The zero-order chi connectivity index (χ0) is 23.8. The molecule has 0 unspecified atom stereocenters. The molecule has 0 saturated carbocycles. The molecule has 0 radical (unpaired) electrons. The van der Waals surface area contributed by atoms with Crippen molar-refractivity contribution in [1.82, 2.24) is 0 Å². The third-order valence-electron chi connectivity index (χ3n) is 5.65. The van der Waals surface area contributed by atoms with Gasteiger partial charge in [0.25, 0.3) is 0 Å². The average molecular weight is 619 g/mol. The van der Waals surface area contributed by atoms with Crippen LogP contribution in [0.25, 0.3) is 21.5 Å². The van der Waals surface area contributed by atoms with Gasteiger partial charge in [0.05, 0.1) is 0 Å². The molecule has 6 aromatic rings. The first-order valence-corrected chi connectivity index (χ1v) is 18.4. The van der Waals surface area contributed by atoms with E-state index < -0.39 is 5.49 Å². The summed E-state index contributed by atoms with van der Waals surface area (Å²) >= 11 is 1.27. The van der Waals surface area contributed by atoms with Crippen molar-refractivity contribution in [2.75, 3.05) is 0 Å². The second-order valence-corrected chi connectivity index (χ2v) is 15.7. The summed E-state index contributed by atoms with van der Waals surface area (Å²) in [4.78, 5) is 0. The first-order chi connectivity index (χ1) is 16.6. The summed E-state index contributed by atoms with van der Waals surface area (Å²) in [6, 6.07) is 47.4. The first-order valence-electron chi connectivity index (χ1n) is 11.5. The van der Waals surface area contributed by atoms with Gasteiger partial charge in [0.2, 0.25) is 0 Å². The molecule has 0 spiro atoms. The Morgan fingerprint density at radius 3 is 1.24 bits per heavy atom. The van der Waals surface area contributed by atoms with Gasteiger partial charge in [-0.05, 0) is 0 Å². The van der Waals surface area contributed by atoms with Crippen molar-refractivity contribution >= 4 is 37.4 Å². The third kappa shape index (κ3) is 6.62. The van der Waals surface area contributed by atoms with Crippen molar-refractivity contribution in [1.29, 1.82) is 0 Å². The third-order valence-corrected chi connectivity index (χ3v) is 13.7. The van der Waals surface area contributed by atoms with Crippen LogP contribution in [-0.2, 0) is 23.0 Å². The van der Waals surface area contributed by atoms with Gasteiger partial charge in [-0.15, -0.1) is 81.2 Å². The van der Waals surface area contributed by atoms with Crippen molar-refractivity contribution in [3.05, 3.63) is 145 Å². The van der Waals surface area contributed by atoms with Crippen LogP contribution >= 0.6 is 0 Å². The molecule has 0 aliphatic rings. The van der Waals surface area contributed by atoms with Gasteiger partial charge in [-0.1, -0.05) is 26.0 Å². The fourth-order valence-corrected chi connectivity index (χ4v) is 8.97. The summed E-state index contributed by atoms with van der Waals surface area (Å²) < 4.78 is 0. The van der Waals surface area contributed by atoms with Crippen molar-refractivity contribution in [3.8, 4) is 0 Å². The molecule has 0 N–H and O–H groups in total. The molecule has 0 nitrogen and oxygen atoms in total. The van der Waals surface area contributed by atoms with Crippen LogP contribution in [0.3, 0.4) is 0 Å². The Bertz CT molecular complexity index is 1290. The summed E-state index contributed by atoms with van der Waals surface area (Å²) in [5.41, 5.74) is 2.29. The number of hydrogen-bond acceptors (Lipinski definition) is 0. The molecule has 6 aromatic carbocycles. The molecule has 0 atom stereocenters. The van der Waals surface area contributed by atoms with Gasteiger partial charge < -0.3 is 0 Å². The fraction of sp³-hybridized carbons (Fsp3) is 0.0625. The maximum absolute atomic E-state index is 2.26. The predicted octanol–water partition coefficient (Wildman–Crippen LogP) is 7.07. The Hall–Kier alpha value is -2.81. The molecule has 0 saturated heterocycles. The number of hydrogen-bond donors (Lipinski definition) is 0. The molecular formula is C32H28HfSi. The van der Waals surface area contributed by atoms with Gasteiger partial charge in [0.1, 0.15) is 0 Å². The van der Waals surface area contributed by atoms with E-state index >= 15 is 0 Å². The number of benzene rings is 4. The molecule has 0 fully saturated rings. The van der Waals surface area contributed by atoms with E-state index in [0.29, 0.717) is 0 Å². The van der Waals surface area contributed by atoms with Crippen molar-refractivity contribution < 1.29 is 23.0 Å². The summed E-state index contributed by atoms with van der Waals surface area (Å²) in [6.45, 7) is 4.25. The fourth-order valence-electron chi connectivity index (χ4n) is 3.99. The van der Waals surface area contributed by atoms with Crippen molar-refractivity contribution in [3.63, 3.8) is 0 Å². The first kappa shape index (κ1) is 24.3. The zero-order valence-corrected chi connectivity index (χ0v) is 24.3. The monoisotopic (exact) mass is 620 g/mol. The minimum absolute atomic E-state index is 0.406. The van der Waals surface area contributed by atoms with Crippen LogP contribution in [0.1, 0.15) is 11.1 Å². The van der Waals surface area contributed by atoms with Crippen LogP contribution < -0.4 is 10.4 Å². The predicted molar refractivity (Wildman–Crippen MR) is 146 cm³/mol. The van der Waals surface area contributed by atoms with Gasteiger partial charge in [-0.2, -0.15) is 12.1 Å². The Morgan fingerprint density at radius 1 is 0.500 bits per heavy atom. The van der Waals surface area contributed by atoms with E-state index in [9.17, 15) is 0 Å². The maximum atomic E-state index is 2.26. The Balaban J connectivity index is 0.000000123. The SMILES string of the molecule is Cc1cc2ccccc2[cH-]1.Cc1cc2ccccc2[cH-]1.[Hf+2]=[Si](c1ccccc1)c1ccccc1. The van der Waals surface area contributed by atoms with Gasteiger partial charge in [0, 0.05) is 0 Å². The van der Waals surface area contributed by atoms with E-state index in [0.717, 1.165) is 0 Å². The van der Waals surface area contributed by atoms with E-state index in [1.165, 1.54) is 66.0 Å². The van der Waals surface area contributed by atoms with Crippen molar-refractivity contribution in [2.45, 2.75) is 13.8 Å². The molecule has 0 bridgehead atoms. The quantitative estimate of drug-likeness (QED) is 0.144. The van der Waals surface area contributed by atoms with Gasteiger partial charge in [0.15, 0.2) is 0 Å². The molecule has 0 aliphatic heterocycles. The molecule has 0 aliphatic carbocycles.